The molecule has 166 valence electrons. The molecule has 0 spiro atoms. The van der Waals surface area contributed by atoms with E-state index in [-0.39, 0.29) is 6.10 Å². The predicted molar refractivity (Wildman–Crippen MR) is 124 cm³/mol. The van der Waals surface area contributed by atoms with Crippen molar-refractivity contribution in [1.82, 2.24) is 0 Å². The molecule has 0 saturated heterocycles. The Morgan fingerprint density at radius 1 is 0.931 bits per heavy atom. The van der Waals surface area contributed by atoms with Gasteiger partial charge in [0.15, 0.2) is 0 Å². The molecule has 0 heterocycles. The first-order chi connectivity index (χ1) is 13.7. The van der Waals surface area contributed by atoms with Crippen molar-refractivity contribution < 1.29 is 5.11 Å². The summed E-state index contributed by atoms with van der Waals surface area (Å²) >= 11 is 0. The molecule has 1 N–H and O–H groups in total. The third-order valence-corrected chi connectivity index (χ3v) is 10.8. The molecule has 0 aliphatic heterocycles. The zero-order chi connectivity index (χ0) is 21.0. The molecule has 4 aliphatic carbocycles. The van der Waals surface area contributed by atoms with Gasteiger partial charge in [-0.15, -0.1) is 0 Å². The van der Waals surface area contributed by atoms with Crippen LogP contribution in [0.4, 0.5) is 0 Å². The van der Waals surface area contributed by atoms with Gasteiger partial charge in [-0.1, -0.05) is 59.5 Å². The molecule has 0 radical (unpaired) electrons. The summed E-state index contributed by atoms with van der Waals surface area (Å²) in [5, 5.41) is 10.5. The average molecular weight is 401 g/mol. The van der Waals surface area contributed by atoms with E-state index in [0.717, 1.165) is 41.9 Å². The highest BCUT2D eigenvalue weighted by Gasteiger charge is 2.59. The van der Waals surface area contributed by atoms with Crippen LogP contribution in [0.5, 0.6) is 0 Å². The van der Waals surface area contributed by atoms with Gasteiger partial charge in [-0.05, 0) is 110 Å². The van der Waals surface area contributed by atoms with Crippen LogP contribution in [-0.4, -0.2) is 11.2 Å². The summed E-state index contributed by atoms with van der Waals surface area (Å²) in [6, 6.07) is 0. The van der Waals surface area contributed by atoms with Gasteiger partial charge in [0, 0.05) is 0 Å². The van der Waals surface area contributed by atoms with E-state index in [9.17, 15) is 5.11 Å². The molecule has 4 rings (SSSR count). The molecule has 1 heteroatoms. The van der Waals surface area contributed by atoms with Crippen molar-refractivity contribution in [2.45, 2.75) is 118 Å². The van der Waals surface area contributed by atoms with E-state index < -0.39 is 0 Å². The lowest BCUT2D eigenvalue weighted by Crippen LogP contribution is -2.51. The SMILES string of the molecule is CC1=C2CC[C@H]3[C@@H]4CC[C@H]([C@@H](C)CCCC(C)C)[C@@]4(C)CC[C@@H]3[C@@]2(C)CC[C@H]1O. The van der Waals surface area contributed by atoms with Crippen molar-refractivity contribution in [1.29, 1.82) is 0 Å². The largest absolute Gasteiger partial charge is 0.389 e. The number of aliphatic hydroxyl groups is 1. The smallest absolute Gasteiger partial charge is 0.0750 e. The van der Waals surface area contributed by atoms with Crippen LogP contribution >= 0.6 is 0 Å². The van der Waals surface area contributed by atoms with Crippen molar-refractivity contribution in [3.05, 3.63) is 11.1 Å². The van der Waals surface area contributed by atoms with E-state index in [2.05, 4.69) is 41.5 Å². The Kier molecular flexibility index (Phi) is 6.04. The monoisotopic (exact) mass is 400 g/mol. The van der Waals surface area contributed by atoms with E-state index in [4.69, 9.17) is 0 Å². The van der Waals surface area contributed by atoms with Crippen molar-refractivity contribution >= 4 is 0 Å². The lowest BCUT2D eigenvalue weighted by atomic mass is 9.46. The molecule has 0 aromatic rings. The normalized spacial score (nSPS) is 45.7. The van der Waals surface area contributed by atoms with Gasteiger partial charge in [-0.25, -0.2) is 0 Å². The van der Waals surface area contributed by atoms with Gasteiger partial charge in [0.2, 0.25) is 0 Å². The average Bonchev–Trinajstić information content (AvgIpc) is 3.02. The van der Waals surface area contributed by atoms with Gasteiger partial charge in [0.25, 0.3) is 0 Å². The second kappa shape index (κ2) is 7.99. The van der Waals surface area contributed by atoms with Crippen molar-refractivity contribution in [2.75, 3.05) is 0 Å². The topological polar surface area (TPSA) is 20.2 Å². The Bertz CT molecular complexity index is 632. The van der Waals surface area contributed by atoms with Gasteiger partial charge in [0.05, 0.1) is 6.10 Å². The van der Waals surface area contributed by atoms with Gasteiger partial charge in [0.1, 0.15) is 0 Å². The molecule has 4 aliphatic rings. The van der Waals surface area contributed by atoms with Crippen LogP contribution in [-0.2, 0) is 0 Å². The van der Waals surface area contributed by atoms with Crippen LogP contribution in [0.2, 0.25) is 0 Å². The van der Waals surface area contributed by atoms with Crippen LogP contribution in [0.1, 0.15) is 112 Å². The Balaban J connectivity index is 1.51. The molecule has 0 aromatic carbocycles. The summed E-state index contributed by atoms with van der Waals surface area (Å²) in [7, 11) is 0. The summed E-state index contributed by atoms with van der Waals surface area (Å²) in [5.74, 6) is 5.50. The van der Waals surface area contributed by atoms with E-state index in [1.165, 1.54) is 69.8 Å². The van der Waals surface area contributed by atoms with Crippen molar-refractivity contribution in [3.8, 4) is 0 Å². The van der Waals surface area contributed by atoms with E-state index in [0.29, 0.717) is 10.8 Å². The maximum atomic E-state index is 10.5. The minimum Gasteiger partial charge on any atom is -0.389 e. The zero-order valence-corrected chi connectivity index (χ0v) is 20.3. The van der Waals surface area contributed by atoms with Gasteiger partial charge in [-0.3, -0.25) is 0 Å². The maximum Gasteiger partial charge on any atom is 0.0750 e. The molecular weight excluding hydrogens is 352 g/mol. The van der Waals surface area contributed by atoms with Gasteiger partial charge >= 0.3 is 0 Å². The Morgan fingerprint density at radius 2 is 1.69 bits per heavy atom. The highest BCUT2D eigenvalue weighted by molar-refractivity contribution is 5.30. The van der Waals surface area contributed by atoms with Crippen LogP contribution in [0, 0.1) is 46.3 Å². The fourth-order valence-electron chi connectivity index (χ4n) is 9.16. The first kappa shape index (κ1) is 21.9. The molecule has 3 saturated carbocycles. The van der Waals surface area contributed by atoms with Crippen molar-refractivity contribution in [3.63, 3.8) is 0 Å². The fraction of sp³-hybridized carbons (Fsp3) is 0.929. The quantitative estimate of drug-likeness (QED) is 0.467. The standard InChI is InChI=1S/C28H48O/c1-18(2)8-7-9-19(3)22-12-13-24-21-10-11-23-20(4)26(29)15-17-28(23,6)25(21)14-16-27(22,24)5/h18-19,21-22,24-26,29H,7-17H2,1-6H3/t19-,21-,22+,24-,25-,26+,27+,28-/m0/s1. The first-order valence-corrected chi connectivity index (χ1v) is 13.1. The Labute approximate surface area is 181 Å². The number of fused-ring (bicyclic) bond motifs is 5. The Morgan fingerprint density at radius 3 is 2.41 bits per heavy atom. The third-order valence-electron chi connectivity index (χ3n) is 10.8. The minimum atomic E-state index is -0.161. The number of allylic oxidation sites excluding steroid dienone is 1. The predicted octanol–water partition coefficient (Wildman–Crippen LogP) is 7.78. The highest BCUT2D eigenvalue weighted by Crippen LogP contribution is 2.68. The number of rotatable bonds is 5. The Hall–Kier alpha value is -0.300. The molecule has 1 nitrogen and oxygen atoms in total. The second-order valence-electron chi connectivity index (χ2n) is 12.6. The molecule has 0 unspecified atom stereocenters. The molecule has 0 aromatic heterocycles. The van der Waals surface area contributed by atoms with Gasteiger partial charge in [-0.2, -0.15) is 0 Å². The number of hydrogen-bond donors (Lipinski definition) is 1. The fourth-order valence-corrected chi connectivity index (χ4v) is 9.16. The molecule has 0 amide bonds. The van der Waals surface area contributed by atoms with Crippen LogP contribution in [0.3, 0.4) is 0 Å². The molecule has 0 bridgehead atoms. The second-order valence-corrected chi connectivity index (χ2v) is 12.6. The summed E-state index contributed by atoms with van der Waals surface area (Å²) in [6.07, 6.45) is 14.9. The number of hydrogen-bond acceptors (Lipinski definition) is 1. The summed E-state index contributed by atoms with van der Waals surface area (Å²) in [5.41, 5.74) is 3.99. The minimum absolute atomic E-state index is 0.161. The summed E-state index contributed by atoms with van der Waals surface area (Å²) in [4.78, 5) is 0. The van der Waals surface area contributed by atoms with Crippen LogP contribution in [0.25, 0.3) is 0 Å². The van der Waals surface area contributed by atoms with Crippen molar-refractivity contribution in [2.24, 2.45) is 46.3 Å². The van der Waals surface area contributed by atoms with Gasteiger partial charge < -0.3 is 5.11 Å². The summed E-state index contributed by atoms with van der Waals surface area (Å²) in [6.45, 7) is 14.8. The molecule has 8 atom stereocenters. The summed E-state index contributed by atoms with van der Waals surface area (Å²) < 4.78 is 0. The lowest BCUT2D eigenvalue weighted by Gasteiger charge is -2.59. The van der Waals surface area contributed by atoms with E-state index in [1.807, 2.05) is 0 Å². The van der Waals surface area contributed by atoms with Crippen LogP contribution in [0.15, 0.2) is 11.1 Å². The highest BCUT2D eigenvalue weighted by atomic mass is 16.3. The maximum absolute atomic E-state index is 10.5. The number of aliphatic hydroxyl groups excluding tert-OH is 1. The molecule has 29 heavy (non-hydrogen) atoms. The van der Waals surface area contributed by atoms with E-state index in [1.54, 1.807) is 5.57 Å². The molecular formula is C28H48O. The third kappa shape index (κ3) is 3.56. The first-order valence-electron chi connectivity index (χ1n) is 13.1. The lowest BCUT2D eigenvalue weighted by molar-refractivity contribution is -0.0638. The van der Waals surface area contributed by atoms with E-state index >= 15 is 0 Å². The zero-order valence-electron chi connectivity index (χ0n) is 20.3. The van der Waals surface area contributed by atoms with Crippen LogP contribution < -0.4 is 0 Å². The molecule has 3 fully saturated rings.